The van der Waals surface area contributed by atoms with Crippen LogP contribution in [0.2, 0.25) is 0 Å². The molecule has 0 radical (unpaired) electrons. The van der Waals surface area contributed by atoms with E-state index in [1.165, 1.54) is 11.6 Å². The maximum atomic E-state index is 13.4. The fraction of sp³-hybridized carbons (Fsp3) is 0.235. The molecule has 0 aliphatic carbocycles. The summed E-state index contributed by atoms with van der Waals surface area (Å²) in [5.41, 5.74) is 1.72. The highest BCUT2D eigenvalue weighted by Gasteiger charge is 2.02. The Labute approximate surface area is 118 Å². The van der Waals surface area contributed by atoms with E-state index in [4.69, 9.17) is 4.74 Å². The number of hydrogen-bond acceptors (Lipinski definition) is 2. The zero-order valence-corrected chi connectivity index (χ0v) is 11.2. The normalized spacial score (nSPS) is 10.2. The first-order valence-electron chi connectivity index (χ1n) is 6.68. The van der Waals surface area contributed by atoms with Crippen LogP contribution in [0.15, 0.2) is 48.5 Å². The fourth-order valence-corrected chi connectivity index (χ4v) is 1.92. The van der Waals surface area contributed by atoms with Gasteiger partial charge in [0.05, 0.1) is 0 Å². The van der Waals surface area contributed by atoms with E-state index in [-0.39, 0.29) is 12.4 Å². The molecule has 0 heterocycles. The van der Waals surface area contributed by atoms with Crippen LogP contribution in [0.4, 0.5) is 4.39 Å². The van der Waals surface area contributed by atoms with Crippen molar-refractivity contribution >= 4 is 6.29 Å². The molecule has 2 aromatic rings. The van der Waals surface area contributed by atoms with Crippen molar-refractivity contribution in [3.8, 4) is 5.75 Å². The molecule has 0 aromatic heterocycles. The number of halogens is 1. The molecular formula is C17H17FO2. The summed E-state index contributed by atoms with van der Waals surface area (Å²) in [6.07, 6.45) is 3.27. The second kappa shape index (κ2) is 7.43. The number of benzene rings is 2. The minimum Gasteiger partial charge on any atom is -0.489 e. The predicted molar refractivity (Wildman–Crippen MR) is 76.2 cm³/mol. The van der Waals surface area contributed by atoms with E-state index in [0.717, 1.165) is 19.1 Å². The average molecular weight is 272 g/mol. The summed E-state index contributed by atoms with van der Waals surface area (Å²) in [7, 11) is 0. The van der Waals surface area contributed by atoms with Gasteiger partial charge in [0.1, 0.15) is 24.5 Å². The minimum absolute atomic E-state index is 0.219. The van der Waals surface area contributed by atoms with Crippen molar-refractivity contribution in [2.75, 3.05) is 0 Å². The monoisotopic (exact) mass is 272 g/mol. The van der Waals surface area contributed by atoms with E-state index in [1.807, 2.05) is 24.3 Å². The van der Waals surface area contributed by atoms with Crippen LogP contribution in [0.3, 0.4) is 0 Å². The summed E-state index contributed by atoms with van der Waals surface area (Å²) in [6, 6.07) is 14.3. The minimum atomic E-state index is -0.252. The molecular weight excluding hydrogens is 255 g/mol. The molecule has 0 saturated carbocycles. The zero-order chi connectivity index (χ0) is 14.2. The lowest BCUT2D eigenvalue weighted by Crippen LogP contribution is -1.98. The van der Waals surface area contributed by atoms with Crippen LogP contribution in [0.25, 0.3) is 0 Å². The van der Waals surface area contributed by atoms with Gasteiger partial charge in [-0.15, -0.1) is 0 Å². The smallest absolute Gasteiger partial charge is 0.129 e. The van der Waals surface area contributed by atoms with Gasteiger partial charge in [-0.05, 0) is 36.6 Å². The zero-order valence-electron chi connectivity index (χ0n) is 11.2. The van der Waals surface area contributed by atoms with E-state index < -0.39 is 0 Å². The lowest BCUT2D eigenvalue weighted by atomic mass is 10.1. The maximum absolute atomic E-state index is 13.4. The van der Waals surface area contributed by atoms with Crippen LogP contribution in [0, 0.1) is 5.82 Å². The molecule has 0 aliphatic heterocycles. The van der Waals surface area contributed by atoms with Crippen molar-refractivity contribution in [3.63, 3.8) is 0 Å². The SMILES string of the molecule is O=CCCCc1ccc(OCc2ccccc2F)cc1. The summed E-state index contributed by atoms with van der Waals surface area (Å²) < 4.78 is 19.0. The van der Waals surface area contributed by atoms with Crippen LogP contribution in [0.5, 0.6) is 5.75 Å². The van der Waals surface area contributed by atoms with Gasteiger partial charge in [-0.25, -0.2) is 4.39 Å². The fourth-order valence-electron chi connectivity index (χ4n) is 1.92. The van der Waals surface area contributed by atoms with Crippen LogP contribution in [-0.4, -0.2) is 6.29 Å². The Bertz CT molecular complexity index is 549. The Morgan fingerprint density at radius 1 is 1.05 bits per heavy atom. The van der Waals surface area contributed by atoms with Gasteiger partial charge in [0.25, 0.3) is 0 Å². The first-order valence-corrected chi connectivity index (χ1v) is 6.68. The van der Waals surface area contributed by atoms with Crippen molar-refractivity contribution in [2.24, 2.45) is 0 Å². The van der Waals surface area contributed by atoms with Gasteiger partial charge in [0.2, 0.25) is 0 Å². The molecule has 0 N–H and O–H groups in total. The van der Waals surface area contributed by atoms with Gasteiger partial charge in [-0.1, -0.05) is 30.3 Å². The van der Waals surface area contributed by atoms with Crippen molar-refractivity contribution in [3.05, 3.63) is 65.5 Å². The number of hydrogen-bond donors (Lipinski definition) is 0. The molecule has 0 aliphatic rings. The van der Waals surface area contributed by atoms with Gasteiger partial charge in [0, 0.05) is 12.0 Å². The lowest BCUT2D eigenvalue weighted by molar-refractivity contribution is -0.107. The van der Waals surface area contributed by atoms with Crippen molar-refractivity contribution in [1.29, 1.82) is 0 Å². The summed E-state index contributed by atoms with van der Waals surface area (Å²) >= 11 is 0. The number of rotatable bonds is 7. The third kappa shape index (κ3) is 4.19. The van der Waals surface area contributed by atoms with E-state index in [1.54, 1.807) is 18.2 Å². The Balaban J connectivity index is 1.87. The number of carbonyl (C=O) groups is 1. The summed E-state index contributed by atoms with van der Waals surface area (Å²) in [4.78, 5) is 10.2. The number of carbonyl (C=O) groups excluding carboxylic acids is 1. The molecule has 20 heavy (non-hydrogen) atoms. The largest absolute Gasteiger partial charge is 0.489 e. The molecule has 2 aromatic carbocycles. The number of ether oxygens (including phenoxy) is 1. The highest BCUT2D eigenvalue weighted by Crippen LogP contribution is 2.16. The summed E-state index contributed by atoms with van der Waals surface area (Å²) in [5, 5.41) is 0. The van der Waals surface area contributed by atoms with E-state index in [9.17, 15) is 9.18 Å². The Hall–Kier alpha value is -2.16. The molecule has 2 nitrogen and oxygen atoms in total. The molecule has 3 heteroatoms. The molecule has 0 spiro atoms. The van der Waals surface area contributed by atoms with Crippen LogP contribution in [-0.2, 0) is 17.8 Å². The summed E-state index contributed by atoms with van der Waals surface area (Å²) in [5.74, 6) is 0.463. The molecule has 0 atom stereocenters. The number of aryl methyl sites for hydroxylation is 1. The Morgan fingerprint density at radius 3 is 2.50 bits per heavy atom. The van der Waals surface area contributed by atoms with Gasteiger partial charge < -0.3 is 9.53 Å². The van der Waals surface area contributed by atoms with Gasteiger partial charge in [-0.2, -0.15) is 0 Å². The molecule has 0 unspecified atom stereocenters. The third-order valence-corrected chi connectivity index (χ3v) is 3.06. The molecule has 0 bridgehead atoms. The highest BCUT2D eigenvalue weighted by molar-refractivity contribution is 5.49. The van der Waals surface area contributed by atoms with Gasteiger partial charge in [-0.3, -0.25) is 0 Å². The van der Waals surface area contributed by atoms with E-state index in [0.29, 0.717) is 17.7 Å². The van der Waals surface area contributed by atoms with E-state index in [2.05, 4.69) is 0 Å². The van der Waals surface area contributed by atoms with Gasteiger partial charge >= 0.3 is 0 Å². The van der Waals surface area contributed by atoms with Crippen LogP contribution >= 0.6 is 0 Å². The standard InChI is InChI=1S/C17H17FO2/c18-17-7-2-1-6-15(17)13-20-16-10-8-14(9-11-16)5-3-4-12-19/h1-2,6-12H,3-5,13H2. The third-order valence-electron chi connectivity index (χ3n) is 3.06. The molecule has 0 saturated heterocycles. The van der Waals surface area contributed by atoms with Crippen molar-refractivity contribution in [1.82, 2.24) is 0 Å². The first kappa shape index (κ1) is 14.3. The Kier molecular flexibility index (Phi) is 5.30. The topological polar surface area (TPSA) is 26.3 Å². The molecule has 0 fully saturated rings. The summed E-state index contributed by atoms with van der Waals surface area (Å²) in [6.45, 7) is 0.219. The van der Waals surface area contributed by atoms with Crippen molar-refractivity contribution < 1.29 is 13.9 Å². The second-order valence-corrected chi connectivity index (χ2v) is 4.58. The Morgan fingerprint density at radius 2 is 1.80 bits per heavy atom. The number of aldehydes is 1. The number of unbranched alkanes of at least 4 members (excludes halogenated alkanes) is 1. The quantitative estimate of drug-likeness (QED) is 0.564. The second-order valence-electron chi connectivity index (χ2n) is 4.58. The van der Waals surface area contributed by atoms with Crippen LogP contribution < -0.4 is 4.74 Å². The average Bonchev–Trinajstić information content (AvgIpc) is 2.48. The first-order chi connectivity index (χ1) is 9.79. The molecule has 104 valence electrons. The lowest BCUT2D eigenvalue weighted by Gasteiger charge is -2.08. The molecule has 0 amide bonds. The van der Waals surface area contributed by atoms with E-state index >= 15 is 0 Å². The highest BCUT2D eigenvalue weighted by atomic mass is 19.1. The predicted octanol–water partition coefficient (Wildman–Crippen LogP) is 3.93. The van der Waals surface area contributed by atoms with Gasteiger partial charge in [0.15, 0.2) is 0 Å². The van der Waals surface area contributed by atoms with Crippen molar-refractivity contribution in [2.45, 2.75) is 25.9 Å². The van der Waals surface area contributed by atoms with Crippen LogP contribution in [0.1, 0.15) is 24.0 Å². The maximum Gasteiger partial charge on any atom is 0.129 e. The molecule has 2 rings (SSSR count).